The van der Waals surface area contributed by atoms with Crippen LogP contribution in [0.25, 0.3) is 67.0 Å². The van der Waals surface area contributed by atoms with Crippen LogP contribution in [0, 0.1) is 0 Å². The van der Waals surface area contributed by atoms with Gasteiger partial charge in [0.2, 0.25) is 0 Å². The third-order valence-corrected chi connectivity index (χ3v) is 7.38. The monoisotopic (exact) mass is 538 g/mol. The summed E-state index contributed by atoms with van der Waals surface area (Å²) >= 11 is 0. The van der Waals surface area contributed by atoms with Crippen molar-refractivity contribution in [3.63, 3.8) is 0 Å². The highest BCUT2D eigenvalue weighted by Crippen LogP contribution is 2.36. The third-order valence-electron chi connectivity index (χ3n) is 7.38. The van der Waals surface area contributed by atoms with Gasteiger partial charge in [-0.05, 0) is 81.9 Å². The molecule has 7 rings (SSSR count). The van der Waals surface area contributed by atoms with Gasteiger partial charge in [0.15, 0.2) is 0 Å². The van der Waals surface area contributed by atoms with Crippen LogP contribution in [-0.4, -0.2) is 19.9 Å². The molecule has 0 fully saturated rings. The Morgan fingerprint density at radius 1 is 0.310 bits per heavy atom. The summed E-state index contributed by atoms with van der Waals surface area (Å²) in [5.74, 6) is 0. The summed E-state index contributed by atoms with van der Waals surface area (Å²) in [6, 6.07) is 42.1. The highest BCUT2D eigenvalue weighted by atomic mass is 14.7. The number of hydrogen-bond acceptors (Lipinski definition) is 4. The molecule has 0 atom stereocenters. The number of benzene rings is 3. The lowest BCUT2D eigenvalue weighted by molar-refractivity contribution is 1.28. The number of hydrogen-bond donors (Lipinski definition) is 0. The van der Waals surface area contributed by atoms with Gasteiger partial charge < -0.3 is 0 Å². The highest BCUT2D eigenvalue weighted by Gasteiger charge is 2.11. The fourth-order valence-electron chi connectivity index (χ4n) is 5.22. The molecule has 0 aliphatic carbocycles. The molecule has 0 N–H and O–H groups in total. The molecule has 4 nitrogen and oxygen atoms in total. The highest BCUT2D eigenvalue weighted by molar-refractivity contribution is 5.87. The van der Waals surface area contributed by atoms with Crippen LogP contribution in [0.4, 0.5) is 0 Å². The molecule has 0 bridgehead atoms. The molecule has 0 aliphatic heterocycles. The number of rotatable bonds is 6. The maximum Gasteiger partial charge on any atom is 0.0717 e. The molecule has 0 amide bonds. The van der Waals surface area contributed by atoms with E-state index < -0.39 is 0 Å². The van der Waals surface area contributed by atoms with Gasteiger partial charge in [-0.3, -0.25) is 19.9 Å². The molecule has 198 valence electrons. The molecule has 42 heavy (non-hydrogen) atoms. The lowest BCUT2D eigenvalue weighted by Gasteiger charge is -2.13. The summed E-state index contributed by atoms with van der Waals surface area (Å²) in [5, 5.41) is 0. The van der Waals surface area contributed by atoms with Crippen LogP contribution < -0.4 is 0 Å². The number of aromatic nitrogens is 4. The van der Waals surface area contributed by atoms with Crippen molar-refractivity contribution in [2.75, 3.05) is 0 Å². The van der Waals surface area contributed by atoms with E-state index in [1.165, 1.54) is 11.1 Å². The molecule has 7 aromatic rings. The molecule has 0 saturated carbocycles. The zero-order valence-electron chi connectivity index (χ0n) is 22.8. The molecule has 3 aromatic carbocycles. The van der Waals surface area contributed by atoms with Gasteiger partial charge in [0.05, 0.1) is 11.4 Å². The Bertz CT molecular complexity index is 1800. The van der Waals surface area contributed by atoms with E-state index in [9.17, 15) is 0 Å². The standard InChI is InChI=1S/C38H26N4/c1-2-14-36(30-10-4-8-28(22-30)32-16-18-38(42-26-32)34-12-6-20-40-24-34)35(13-1)29-9-3-7-27(21-29)31-15-17-37(41-25-31)33-11-5-19-39-23-33/h1-26H. The van der Waals surface area contributed by atoms with Gasteiger partial charge in [-0.2, -0.15) is 0 Å². The van der Waals surface area contributed by atoms with Gasteiger partial charge >= 0.3 is 0 Å². The topological polar surface area (TPSA) is 51.6 Å². The van der Waals surface area contributed by atoms with Crippen molar-refractivity contribution in [2.24, 2.45) is 0 Å². The van der Waals surface area contributed by atoms with Crippen LogP contribution in [0.3, 0.4) is 0 Å². The van der Waals surface area contributed by atoms with Crippen LogP contribution in [0.2, 0.25) is 0 Å². The molecular weight excluding hydrogens is 512 g/mol. The number of nitrogens with zero attached hydrogens (tertiary/aromatic N) is 4. The molecule has 4 aromatic heterocycles. The van der Waals surface area contributed by atoms with Gasteiger partial charge in [0.25, 0.3) is 0 Å². The average molecular weight is 539 g/mol. The first-order valence-electron chi connectivity index (χ1n) is 13.9. The summed E-state index contributed by atoms with van der Waals surface area (Å²) < 4.78 is 0. The Kier molecular flexibility index (Phi) is 6.85. The Hall–Kier alpha value is -5.74. The average Bonchev–Trinajstić information content (AvgIpc) is 3.09. The second kappa shape index (κ2) is 11.4. The van der Waals surface area contributed by atoms with Crippen LogP contribution in [0.15, 0.2) is 159 Å². The Morgan fingerprint density at radius 2 is 0.762 bits per heavy atom. The second-order valence-electron chi connectivity index (χ2n) is 10.1. The van der Waals surface area contributed by atoms with Crippen LogP contribution in [0.1, 0.15) is 0 Å². The van der Waals surface area contributed by atoms with Crippen molar-refractivity contribution < 1.29 is 0 Å². The van der Waals surface area contributed by atoms with E-state index in [0.717, 1.165) is 55.9 Å². The maximum absolute atomic E-state index is 4.71. The number of pyridine rings is 4. The van der Waals surface area contributed by atoms with E-state index >= 15 is 0 Å². The minimum Gasteiger partial charge on any atom is -0.264 e. The quantitative estimate of drug-likeness (QED) is 0.212. The first-order chi connectivity index (χ1) is 20.8. The second-order valence-corrected chi connectivity index (χ2v) is 10.1. The lowest BCUT2D eigenvalue weighted by Crippen LogP contribution is -1.89. The van der Waals surface area contributed by atoms with Gasteiger partial charge in [0, 0.05) is 59.4 Å². The van der Waals surface area contributed by atoms with Gasteiger partial charge in [-0.1, -0.05) is 72.8 Å². The van der Waals surface area contributed by atoms with Crippen molar-refractivity contribution in [1.29, 1.82) is 0 Å². The van der Waals surface area contributed by atoms with E-state index in [1.54, 1.807) is 12.4 Å². The van der Waals surface area contributed by atoms with Crippen molar-refractivity contribution in [3.8, 4) is 67.0 Å². The smallest absolute Gasteiger partial charge is 0.0717 e. The Labute approximate surface area is 245 Å². The van der Waals surface area contributed by atoms with Crippen molar-refractivity contribution >= 4 is 0 Å². The zero-order valence-corrected chi connectivity index (χ0v) is 22.8. The van der Waals surface area contributed by atoms with Crippen molar-refractivity contribution in [3.05, 3.63) is 159 Å². The fraction of sp³-hybridized carbons (Fsp3) is 0. The van der Waals surface area contributed by atoms with E-state index in [2.05, 4.69) is 107 Å². The fourth-order valence-corrected chi connectivity index (χ4v) is 5.22. The molecule has 4 heterocycles. The summed E-state index contributed by atoms with van der Waals surface area (Å²) in [5.41, 5.74) is 12.9. The van der Waals surface area contributed by atoms with Crippen LogP contribution in [0.5, 0.6) is 0 Å². The summed E-state index contributed by atoms with van der Waals surface area (Å²) in [7, 11) is 0. The molecule has 4 heteroatoms. The van der Waals surface area contributed by atoms with E-state index in [-0.39, 0.29) is 0 Å². The Morgan fingerprint density at radius 3 is 1.17 bits per heavy atom. The summed E-state index contributed by atoms with van der Waals surface area (Å²) in [6.07, 6.45) is 11.1. The molecule has 0 radical (unpaired) electrons. The van der Waals surface area contributed by atoms with E-state index in [0.29, 0.717) is 0 Å². The minimum atomic E-state index is 0.912. The summed E-state index contributed by atoms with van der Waals surface area (Å²) in [6.45, 7) is 0. The minimum absolute atomic E-state index is 0.912. The molecule has 0 aliphatic rings. The maximum atomic E-state index is 4.71. The molecule has 0 unspecified atom stereocenters. The van der Waals surface area contributed by atoms with Gasteiger partial charge in [-0.25, -0.2) is 0 Å². The van der Waals surface area contributed by atoms with Gasteiger partial charge in [0.1, 0.15) is 0 Å². The zero-order chi connectivity index (χ0) is 28.1. The van der Waals surface area contributed by atoms with E-state index in [4.69, 9.17) is 9.97 Å². The van der Waals surface area contributed by atoms with Gasteiger partial charge in [-0.15, -0.1) is 0 Å². The molecular formula is C38H26N4. The largest absolute Gasteiger partial charge is 0.264 e. The predicted molar refractivity (Wildman–Crippen MR) is 170 cm³/mol. The predicted octanol–water partition coefficient (Wildman–Crippen LogP) is 9.27. The molecule has 0 spiro atoms. The first kappa shape index (κ1) is 25.2. The lowest BCUT2D eigenvalue weighted by atomic mass is 9.91. The summed E-state index contributed by atoms with van der Waals surface area (Å²) in [4.78, 5) is 17.8. The van der Waals surface area contributed by atoms with Crippen LogP contribution >= 0.6 is 0 Å². The van der Waals surface area contributed by atoms with Crippen molar-refractivity contribution in [2.45, 2.75) is 0 Å². The van der Waals surface area contributed by atoms with Crippen molar-refractivity contribution in [1.82, 2.24) is 19.9 Å². The van der Waals surface area contributed by atoms with E-state index in [1.807, 2.05) is 49.1 Å². The third kappa shape index (κ3) is 5.21. The van der Waals surface area contributed by atoms with Crippen LogP contribution in [-0.2, 0) is 0 Å². The molecule has 0 saturated heterocycles. The normalized spacial score (nSPS) is 10.9. The SMILES string of the molecule is c1cncc(-c2ccc(-c3cccc(-c4ccccc4-c4cccc(-c5ccc(-c6cccnc6)nc5)c4)c3)cn2)c1. The Balaban J connectivity index is 1.20. The first-order valence-corrected chi connectivity index (χ1v) is 13.9.